The zero-order valence-corrected chi connectivity index (χ0v) is 12.1. The van der Waals surface area contributed by atoms with Crippen LogP contribution in [0.4, 0.5) is 4.39 Å². The van der Waals surface area contributed by atoms with Crippen LogP contribution in [-0.4, -0.2) is 10.5 Å². The first kappa shape index (κ1) is 13.6. The van der Waals surface area contributed by atoms with Crippen molar-refractivity contribution in [2.24, 2.45) is 5.73 Å². The van der Waals surface area contributed by atoms with Crippen LogP contribution in [-0.2, 0) is 6.54 Å². The van der Waals surface area contributed by atoms with Crippen molar-refractivity contribution in [3.8, 4) is 0 Å². The van der Waals surface area contributed by atoms with Gasteiger partial charge in [0.1, 0.15) is 11.6 Å². The van der Waals surface area contributed by atoms with Gasteiger partial charge < -0.3 is 14.7 Å². The third-order valence-electron chi connectivity index (χ3n) is 4.01. The van der Waals surface area contributed by atoms with Crippen LogP contribution < -0.4 is 5.73 Å². The summed E-state index contributed by atoms with van der Waals surface area (Å²) in [5.74, 6) is -0.108. The summed E-state index contributed by atoms with van der Waals surface area (Å²) in [6, 6.07) is 13.6. The first-order valence-electron chi connectivity index (χ1n) is 7.18. The standard InChI is InChI=1S/C18H13FN2O2/c19-11-6-7-15-14(9-11)17-13(18(20)22)4-1-5-16(17)21(15)10-12-3-2-8-23-12/h1-9H,10H2,(H2,20,22). The Hall–Kier alpha value is -3.08. The van der Waals surface area contributed by atoms with Crippen molar-refractivity contribution in [2.45, 2.75) is 6.54 Å². The largest absolute Gasteiger partial charge is 0.467 e. The number of amides is 1. The van der Waals surface area contributed by atoms with Gasteiger partial charge in [-0.25, -0.2) is 4.39 Å². The van der Waals surface area contributed by atoms with E-state index in [1.807, 2.05) is 22.8 Å². The second-order valence-corrected chi connectivity index (χ2v) is 5.39. The molecule has 0 radical (unpaired) electrons. The number of hydrogen-bond donors (Lipinski definition) is 1. The fraction of sp³-hybridized carbons (Fsp3) is 0.0556. The van der Waals surface area contributed by atoms with E-state index in [-0.39, 0.29) is 5.82 Å². The molecule has 114 valence electrons. The molecular formula is C18H13FN2O2. The predicted octanol–water partition coefficient (Wildman–Crippen LogP) is 3.67. The Morgan fingerprint density at radius 3 is 2.74 bits per heavy atom. The van der Waals surface area contributed by atoms with Gasteiger partial charge in [-0.3, -0.25) is 4.79 Å². The number of primary amides is 1. The van der Waals surface area contributed by atoms with E-state index in [4.69, 9.17) is 10.2 Å². The summed E-state index contributed by atoms with van der Waals surface area (Å²) in [7, 11) is 0. The molecule has 2 aromatic heterocycles. The highest BCUT2D eigenvalue weighted by atomic mass is 19.1. The molecular weight excluding hydrogens is 295 g/mol. The first-order chi connectivity index (χ1) is 11.1. The molecule has 0 saturated heterocycles. The lowest BCUT2D eigenvalue weighted by Crippen LogP contribution is -2.11. The molecule has 0 aliphatic carbocycles. The maximum absolute atomic E-state index is 13.7. The Balaban J connectivity index is 2.11. The number of furan rings is 1. The van der Waals surface area contributed by atoms with Crippen molar-refractivity contribution in [3.63, 3.8) is 0 Å². The average Bonchev–Trinajstić information content (AvgIpc) is 3.14. The van der Waals surface area contributed by atoms with Gasteiger partial charge in [0.15, 0.2) is 0 Å². The molecule has 0 atom stereocenters. The van der Waals surface area contributed by atoms with Gasteiger partial charge in [-0.15, -0.1) is 0 Å². The Labute approximate surface area is 130 Å². The fourth-order valence-electron chi connectivity index (χ4n) is 3.06. The van der Waals surface area contributed by atoms with Crippen LogP contribution in [0.15, 0.2) is 59.2 Å². The Kier molecular flexibility index (Phi) is 2.94. The molecule has 4 nitrogen and oxygen atoms in total. The number of nitrogens with zero attached hydrogens (tertiary/aromatic N) is 1. The molecule has 0 fully saturated rings. The minimum Gasteiger partial charge on any atom is -0.467 e. The number of fused-ring (bicyclic) bond motifs is 3. The summed E-state index contributed by atoms with van der Waals surface area (Å²) in [6.07, 6.45) is 1.61. The zero-order chi connectivity index (χ0) is 16.0. The van der Waals surface area contributed by atoms with E-state index in [1.165, 1.54) is 12.1 Å². The van der Waals surface area contributed by atoms with Gasteiger partial charge >= 0.3 is 0 Å². The molecule has 0 aliphatic heterocycles. The fourth-order valence-corrected chi connectivity index (χ4v) is 3.06. The molecule has 5 heteroatoms. The lowest BCUT2D eigenvalue weighted by molar-refractivity contribution is 0.100. The molecule has 2 heterocycles. The van der Waals surface area contributed by atoms with Crippen LogP contribution in [0.2, 0.25) is 0 Å². The molecule has 0 aliphatic rings. The van der Waals surface area contributed by atoms with Crippen LogP contribution in [0.3, 0.4) is 0 Å². The van der Waals surface area contributed by atoms with E-state index in [2.05, 4.69) is 0 Å². The van der Waals surface area contributed by atoms with Gasteiger partial charge in [0, 0.05) is 21.9 Å². The third kappa shape index (κ3) is 2.09. The highest BCUT2D eigenvalue weighted by molar-refractivity contribution is 6.17. The Bertz CT molecular complexity index is 1030. The predicted molar refractivity (Wildman–Crippen MR) is 85.7 cm³/mol. The topological polar surface area (TPSA) is 61.2 Å². The van der Waals surface area contributed by atoms with Crippen molar-refractivity contribution in [1.82, 2.24) is 4.57 Å². The maximum Gasteiger partial charge on any atom is 0.249 e. The van der Waals surface area contributed by atoms with Gasteiger partial charge in [-0.05, 0) is 42.5 Å². The van der Waals surface area contributed by atoms with Crippen molar-refractivity contribution >= 4 is 27.7 Å². The SMILES string of the molecule is NC(=O)c1cccc2c1c1cc(F)ccc1n2Cc1ccco1. The summed E-state index contributed by atoms with van der Waals surface area (Å²) in [5, 5.41) is 1.34. The van der Waals surface area contributed by atoms with E-state index >= 15 is 0 Å². The Morgan fingerprint density at radius 2 is 2.00 bits per heavy atom. The minimum absolute atomic E-state index is 0.353. The molecule has 0 spiro atoms. The lowest BCUT2D eigenvalue weighted by atomic mass is 10.1. The number of rotatable bonds is 3. The van der Waals surface area contributed by atoms with Gasteiger partial charge in [-0.2, -0.15) is 0 Å². The van der Waals surface area contributed by atoms with Crippen LogP contribution in [0, 0.1) is 5.82 Å². The maximum atomic E-state index is 13.7. The van der Waals surface area contributed by atoms with E-state index in [0.717, 1.165) is 16.8 Å². The van der Waals surface area contributed by atoms with Crippen LogP contribution in [0.25, 0.3) is 21.8 Å². The highest BCUT2D eigenvalue weighted by Crippen LogP contribution is 2.32. The molecule has 4 rings (SSSR count). The number of hydrogen-bond acceptors (Lipinski definition) is 2. The number of benzene rings is 2. The van der Waals surface area contributed by atoms with E-state index in [9.17, 15) is 9.18 Å². The van der Waals surface area contributed by atoms with Crippen LogP contribution in [0.1, 0.15) is 16.1 Å². The second-order valence-electron chi connectivity index (χ2n) is 5.39. The number of nitrogens with two attached hydrogens (primary N) is 1. The molecule has 0 bridgehead atoms. The van der Waals surface area contributed by atoms with Gasteiger partial charge in [0.2, 0.25) is 5.91 Å². The van der Waals surface area contributed by atoms with Gasteiger partial charge in [0.05, 0.1) is 18.3 Å². The van der Waals surface area contributed by atoms with Crippen LogP contribution >= 0.6 is 0 Å². The van der Waals surface area contributed by atoms with Crippen molar-refractivity contribution in [3.05, 3.63) is 71.9 Å². The molecule has 0 unspecified atom stereocenters. The Morgan fingerprint density at radius 1 is 1.13 bits per heavy atom. The van der Waals surface area contributed by atoms with Crippen molar-refractivity contribution in [1.29, 1.82) is 0 Å². The molecule has 23 heavy (non-hydrogen) atoms. The first-order valence-corrected chi connectivity index (χ1v) is 7.18. The van der Waals surface area contributed by atoms with E-state index in [1.54, 1.807) is 24.5 Å². The number of carbonyl (C=O) groups excluding carboxylic acids is 1. The number of aromatic nitrogens is 1. The summed E-state index contributed by atoms with van der Waals surface area (Å²) >= 11 is 0. The monoisotopic (exact) mass is 308 g/mol. The molecule has 2 aromatic carbocycles. The normalized spacial score (nSPS) is 11.3. The second kappa shape index (κ2) is 4.98. The van der Waals surface area contributed by atoms with Gasteiger partial charge in [0.25, 0.3) is 0 Å². The van der Waals surface area contributed by atoms with Crippen molar-refractivity contribution < 1.29 is 13.6 Å². The van der Waals surface area contributed by atoms with E-state index < -0.39 is 5.91 Å². The number of halogens is 1. The highest BCUT2D eigenvalue weighted by Gasteiger charge is 2.17. The lowest BCUT2D eigenvalue weighted by Gasteiger charge is -2.05. The molecule has 2 N–H and O–H groups in total. The zero-order valence-electron chi connectivity index (χ0n) is 12.1. The summed E-state index contributed by atoms with van der Waals surface area (Å²) in [6.45, 7) is 0.487. The summed E-state index contributed by atoms with van der Waals surface area (Å²) < 4.78 is 21.2. The van der Waals surface area contributed by atoms with Crippen LogP contribution in [0.5, 0.6) is 0 Å². The smallest absolute Gasteiger partial charge is 0.249 e. The quantitative estimate of drug-likeness (QED) is 0.627. The summed E-state index contributed by atoms with van der Waals surface area (Å²) in [5.41, 5.74) is 7.52. The minimum atomic E-state index is -0.531. The molecule has 0 saturated carbocycles. The van der Waals surface area contributed by atoms with Crippen molar-refractivity contribution in [2.75, 3.05) is 0 Å². The van der Waals surface area contributed by atoms with Gasteiger partial charge in [-0.1, -0.05) is 6.07 Å². The molecule has 4 aromatic rings. The average molecular weight is 308 g/mol. The van der Waals surface area contributed by atoms with E-state index in [0.29, 0.717) is 22.9 Å². The molecule has 1 amide bonds. The number of carbonyl (C=O) groups is 1. The third-order valence-corrected chi connectivity index (χ3v) is 4.01. The summed E-state index contributed by atoms with van der Waals surface area (Å²) in [4.78, 5) is 11.8.